The second kappa shape index (κ2) is 9.16. The van der Waals surface area contributed by atoms with E-state index in [0.29, 0.717) is 6.54 Å². The van der Waals surface area contributed by atoms with E-state index in [9.17, 15) is 4.79 Å². The van der Waals surface area contributed by atoms with E-state index in [1.54, 1.807) is 0 Å². The third kappa shape index (κ3) is 5.03. The van der Waals surface area contributed by atoms with Gasteiger partial charge in [-0.1, -0.05) is 43.7 Å². The van der Waals surface area contributed by atoms with Gasteiger partial charge in [-0.2, -0.15) is 0 Å². The number of benzene rings is 1. The van der Waals surface area contributed by atoms with E-state index in [2.05, 4.69) is 18.7 Å². The first kappa shape index (κ1) is 18.9. The Kier molecular flexibility index (Phi) is 7.21. The minimum Gasteiger partial charge on any atom is -0.375 e. The summed E-state index contributed by atoms with van der Waals surface area (Å²) in [6.07, 6.45) is 1.03. The molecule has 2 unspecified atom stereocenters. The maximum Gasteiger partial charge on any atom is 0.244 e. The molecule has 1 aliphatic rings. The Hall–Kier alpha value is -1.43. The number of ether oxygens (including phenoxy) is 1. The Morgan fingerprint density at radius 3 is 2.62 bits per heavy atom. The first-order valence-electron chi connectivity index (χ1n) is 9.00. The highest BCUT2D eigenvalue weighted by atomic mass is 16.5. The van der Waals surface area contributed by atoms with E-state index in [1.165, 1.54) is 5.56 Å². The molecule has 2 N–H and O–H groups in total. The second-order valence-corrected chi connectivity index (χ2v) is 6.48. The molecule has 0 bridgehead atoms. The number of rotatable bonds is 8. The van der Waals surface area contributed by atoms with Crippen molar-refractivity contribution in [3.63, 3.8) is 0 Å². The lowest BCUT2D eigenvalue weighted by molar-refractivity contribution is -0.132. The summed E-state index contributed by atoms with van der Waals surface area (Å²) in [5.41, 5.74) is 8.19. The molecule has 2 rings (SSSR count). The number of nitrogens with zero attached hydrogens (tertiary/aromatic N) is 2. The first-order chi connectivity index (χ1) is 11.5. The molecule has 0 spiro atoms. The van der Waals surface area contributed by atoms with Gasteiger partial charge in [-0.25, -0.2) is 0 Å². The van der Waals surface area contributed by atoms with Crippen molar-refractivity contribution >= 4 is 5.91 Å². The van der Waals surface area contributed by atoms with E-state index in [-0.39, 0.29) is 12.0 Å². The van der Waals surface area contributed by atoms with E-state index in [0.717, 1.165) is 44.8 Å². The molecule has 0 aromatic heterocycles. The lowest BCUT2D eigenvalue weighted by atomic mass is 10.1. The molecule has 1 aromatic rings. The fourth-order valence-corrected chi connectivity index (χ4v) is 3.07. The zero-order valence-electron chi connectivity index (χ0n) is 15.2. The van der Waals surface area contributed by atoms with Crippen molar-refractivity contribution < 1.29 is 9.53 Å². The van der Waals surface area contributed by atoms with Crippen LogP contribution in [-0.2, 0) is 9.53 Å². The van der Waals surface area contributed by atoms with Crippen LogP contribution in [0.1, 0.15) is 37.4 Å². The molecule has 1 aromatic carbocycles. The summed E-state index contributed by atoms with van der Waals surface area (Å²) in [5, 5.41) is 0. The van der Waals surface area contributed by atoms with Gasteiger partial charge >= 0.3 is 0 Å². The SMILES string of the molecule is CCN(CC)CCOC1CCN(C(=O)C(N)c2ccc(C)cc2)C1. The predicted molar refractivity (Wildman–Crippen MR) is 96.8 cm³/mol. The van der Waals surface area contributed by atoms with Crippen LogP contribution in [0.5, 0.6) is 0 Å². The van der Waals surface area contributed by atoms with E-state index < -0.39 is 6.04 Å². The summed E-state index contributed by atoms with van der Waals surface area (Å²) < 4.78 is 5.94. The normalized spacial score (nSPS) is 19.0. The molecule has 5 heteroatoms. The van der Waals surface area contributed by atoms with E-state index >= 15 is 0 Å². The summed E-state index contributed by atoms with van der Waals surface area (Å²) >= 11 is 0. The number of nitrogens with two attached hydrogens (primary N) is 1. The van der Waals surface area contributed by atoms with Crippen molar-refractivity contribution in [1.29, 1.82) is 0 Å². The molecule has 134 valence electrons. The number of aryl methyl sites for hydroxylation is 1. The number of carbonyl (C=O) groups excluding carboxylic acids is 1. The van der Waals surface area contributed by atoms with E-state index in [1.807, 2.05) is 36.1 Å². The van der Waals surface area contributed by atoms with Crippen molar-refractivity contribution in [1.82, 2.24) is 9.80 Å². The number of likely N-dealkylation sites (tertiary alicyclic amines) is 1. The topological polar surface area (TPSA) is 58.8 Å². The molecular weight excluding hydrogens is 302 g/mol. The van der Waals surface area contributed by atoms with Gasteiger partial charge in [0.05, 0.1) is 12.7 Å². The molecule has 1 fully saturated rings. The molecule has 1 heterocycles. The molecule has 1 amide bonds. The highest BCUT2D eigenvalue weighted by Gasteiger charge is 2.30. The third-order valence-corrected chi connectivity index (χ3v) is 4.81. The number of amides is 1. The van der Waals surface area contributed by atoms with Crippen LogP contribution >= 0.6 is 0 Å². The van der Waals surface area contributed by atoms with Gasteiger partial charge in [-0.3, -0.25) is 4.79 Å². The fourth-order valence-electron chi connectivity index (χ4n) is 3.07. The summed E-state index contributed by atoms with van der Waals surface area (Å²) in [5.74, 6) is -0.00584. The smallest absolute Gasteiger partial charge is 0.244 e. The Labute approximate surface area is 145 Å². The fraction of sp³-hybridized carbons (Fsp3) is 0.632. The van der Waals surface area contributed by atoms with Gasteiger partial charge in [0.1, 0.15) is 6.04 Å². The van der Waals surface area contributed by atoms with Crippen molar-refractivity contribution in [2.24, 2.45) is 5.73 Å². The monoisotopic (exact) mass is 333 g/mol. The predicted octanol–water partition coefficient (Wildman–Crippen LogP) is 1.95. The van der Waals surface area contributed by atoms with Gasteiger partial charge in [0.15, 0.2) is 0 Å². The van der Waals surface area contributed by atoms with Gasteiger partial charge in [0.2, 0.25) is 5.91 Å². The molecule has 0 saturated carbocycles. The van der Waals surface area contributed by atoms with Crippen molar-refractivity contribution in [2.75, 3.05) is 39.3 Å². The molecule has 0 aliphatic carbocycles. The van der Waals surface area contributed by atoms with Crippen molar-refractivity contribution in [2.45, 2.75) is 39.3 Å². The third-order valence-electron chi connectivity index (χ3n) is 4.81. The van der Waals surface area contributed by atoms with Crippen LogP contribution in [-0.4, -0.2) is 61.1 Å². The van der Waals surface area contributed by atoms with E-state index in [4.69, 9.17) is 10.5 Å². The quantitative estimate of drug-likeness (QED) is 0.790. The minimum atomic E-state index is -0.583. The lowest BCUT2D eigenvalue weighted by Gasteiger charge is -2.22. The number of hydrogen-bond donors (Lipinski definition) is 1. The summed E-state index contributed by atoms with van der Waals surface area (Å²) in [6.45, 7) is 11.5. The Morgan fingerprint density at radius 2 is 2.00 bits per heavy atom. The molecule has 1 aliphatic heterocycles. The molecule has 2 atom stereocenters. The number of likely N-dealkylation sites (N-methyl/N-ethyl adjacent to an activating group) is 1. The number of carbonyl (C=O) groups is 1. The molecular formula is C19H31N3O2. The van der Waals surface area contributed by atoms with Crippen LogP contribution in [0.4, 0.5) is 0 Å². The van der Waals surface area contributed by atoms with Crippen molar-refractivity contribution in [3.05, 3.63) is 35.4 Å². The van der Waals surface area contributed by atoms with Gasteiger partial charge in [-0.05, 0) is 32.0 Å². The Bertz CT molecular complexity index is 514. The van der Waals surface area contributed by atoms with Crippen LogP contribution in [0.15, 0.2) is 24.3 Å². The van der Waals surface area contributed by atoms with Crippen LogP contribution in [0, 0.1) is 6.92 Å². The minimum absolute atomic E-state index is 0.00584. The summed E-state index contributed by atoms with van der Waals surface area (Å²) in [7, 11) is 0. The second-order valence-electron chi connectivity index (χ2n) is 6.48. The van der Waals surface area contributed by atoms with Crippen LogP contribution in [0.25, 0.3) is 0 Å². The zero-order valence-corrected chi connectivity index (χ0v) is 15.2. The highest BCUT2D eigenvalue weighted by molar-refractivity contribution is 5.83. The average Bonchev–Trinajstić information content (AvgIpc) is 3.07. The summed E-state index contributed by atoms with van der Waals surface area (Å²) in [6, 6.07) is 7.27. The highest BCUT2D eigenvalue weighted by Crippen LogP contribution is 2.19. The molecule has 5 nitrogen and oxygen atoms in total. The lowest BCUT2D eigenvalue weighted by Crippen LogP contribution is -2.38. The van der Waals surface area contributed by atoms with Crippen LogP contribution in [0.2, 0.25) is 0 Å². The molecule has 24 heavy (non-hydrogen) atoms. The Morgan fingerprint density at radius 1 is 1.33 bits per heavy atom. The standard InChI is InChI=1S/C19H31N3O2/c1-4-21(5-2)12-13-24-17-10-11-22(14-17)19(23)18(20)16-8-6-15(3)7-9-16/h6-9,17-18H,4-5,10-14,20H2,1-3H3. The van der Waals surface area contributed by atoms with Gasteiger partial charge in [-0.15, -0.1) is 0 Å². The maximum absolute atomic E-state index is 12.6. The largest absolute Gasteiger partial charge is 0.375 e. The van der Waals surface area contributed by atoms with Gasteiger partial charge in [0.25, 0.3) is 0 Å². The van der Waals surface area contributed by atoms with Gasteiger partial charge < -0.3 is 20.3 Å². The van der Waals surface area contributed by atoms with Crippen molar-refractivity contribution in [3.8, 4) is 0 Å². The van der Waals surface area contributed by atoms with Gasteiger partial charge in [0, 0.05) is 19.6 Å². The average molecular weight is 333 g/mol. The molecule has 1 saturated heterocycles. The number of hydrogen-bond acceptors (Lipinski definition) is 4. The summed E-state index contributed by atoms with van der Waals surface area (Å²) in [4.78, 5) is 16.8. The Balaban J connectivity index is 1.79. The maximum atomic E-state index is 12.6. The first-order valence-corrected chi connectivity index (χ1v) is 9.00. The van der Waals surface area contributed by atoms with Crippen LogP contribution in [0.3, 0.4) is 0 Å². The zero-order chi connectivity index (χ0) is 17.5. The molecule has 0 radical (unpaired) electrons. The van der Waals surface area contributed by atoms with Crippen LogP contribution < -0.4 is 5.73 Å².